The number of nitrogens with zero attached hydrogens (tertiary/aromatic N) is 2. The number of hydrogen-bond acceptors (Lipinski definition) is 5. The van der Waals surface area contributed by atoms with E-state index < -0.39 is 16.5 Å². The van der Waals surface area contributed by atoms with Crippen molar-refractivity contribution in [3.63, 3.8) is 0 Å². The number of hydrogen-bond donors (Lipinski definition) is 1. The lowest BCUT2D eigenvalue weighted by Crippen LogP contribution is -2.35. The molecule has 8 heteroatoms. The molecule has 0 radical (unpaired) electrons. The molecule has 0 saturated carbocycles. The van der Waals surface area contributed by atoms with Gasteiger partial charge in [0.2, 0.25) is 0 Å². The van der Waals surface area contributed by atoms with E-state index in [-0.39, 0.29) is 24.5 Å². The zero-order chi connectivity index (χ0) is 22.1. The Morgan fingerprint density at radius 3 is 2.50 bits per heavy atom. The van der Waals surface area contributed by atoms with E-state index in [1.54, 1.807) is 31.8 Å². The minimum absolute atomic E-state index is 0.0615. The zero-order valence-corrected chi connectivity index (χ0v) is 18.9. The van der Waals surface area contributed by atoms with Crippen LogP contribution in [0.4, 0.5) is 0 Å². The lowest BCUT2D eigenvalue weighted by atomic mass is 9.74. The van der Waals surface area contributed by atoms with E-state index >= 15 is 0 Å². The highest BCUT2D eigenvalue weighted by Gasteiger charge is 2.39. The number of benzene rings is 1. The van der Waals surface area contributed by atoms with Crippen LogP contribution in [0.2, 0.25) is 0 Å². The van der Waals surface area contributed by atoms with Gasteiger partial charge in [0.1, 0.15) is 6.61 Å². The van der Waals surface area contributed by atoms with Gasteiger partial charge in [-0.1, -0.05) is 26.0 Å². The van der Waals surface area contributed by atoms with Gasteiger partial charge in [-0.05, 0) is 49.8 Å². The van der Waals surface area contributed by atoms with Gasteiger partial charge in [-0.2, -0.15) is 0 Å². The molecule has 0 saturated heterocycles. The SMILES string of the molecule is CCC(CC(C)(CC(C)c1ccc(S(=O)O)cc1)C(=O)OCCOC)n1ccnc1. The Morgan fingerprint density at radius 2 is 1.97 bits per heavy atom. The van der Waals surface area contributed by atoms with Crippen LogP contribution in [0.1, 0.15) is 57.6 Å². The van der Waals surface area contributed by atoms with Gasteiger partial charge >= 0.3 is 5.97 Å². The van der Waals surface area contributed by atoms with Gasteiger partial charge in [-0.15, -0.1) is 0 Å². The highest BCUT2D eigenvalue weighted by molar-refractivity contribution is 7.79. The van der Waals surface area contributed by atoms with Crippen LogP contribution < -0.4 is 0 Å². The Labute approximate surface area is 181 Å². The van der Waals surface area contributed by atoms with Crippen LogP contribution >= 0.6 is 0 Å². The molecular weight excluding hydrogens is 404 g/mol. The molecule has 30 heavy (non-hydrogen) atoms. The van der Waals surface area contributed by atoms with E-state index in [1.165, 1.54) is 0 Å². The monoisotopic (exact) mass is 436 g/mol. The first kappa shape index (κ1) is 24.2. The van der Waals surface area contributed by atoms with Crippen LogP contribution in [0.15, 0.2) is 47.9 Å². The summed E-state index contributed by atoms with van der Waals surface area (Å²) < 4.78 is 33.0. The minimum Gasteiger partial charge on any atom is -0.463 e. The average molecular weight is 437 g/mol. The second kappa shape index (κ2) is 11.4. The predicted molar refractivity (Wildman–Crippen MR) is 116 cm³/mol. The molecule has 0 bridgehead atoms. The average Bonchev–Trinajstić information content (AvgIpc) is 3.27. The summed E-state index contributed by atoms with van der Waals surface area (Å²) in [6, 6.07) is 7.11. The summed E-state index contributed by atoms with van der Waals surface area (Å²) in [5.74, 6) is -0.176. The van der Waals surface area contributed by atoms with Crippen molar-refractivity contribution in [3.8, 4) is 0 Å². The van der Waals surface area contributed by atoms with Crippen LogP contribution in [-0.2, 0) is 25.3 Å². The summed E-state index contributed by atoms with van der Waals surface area (Å²) in [4.78, 5) is 17.6. The first-order chi connectivity index (χ1) is 14.3. The number of rotatable bonds is 12. The molecule has 2 aromatic rings. The molecule has 4 unspecified atom stereocenters. The lowest BCUT2D eigenvalue weighted by Gasteiger charge is -2.34. The number of aromatic nitrogens is 2. The quantitative estimate of drug-likeness (QED) is 0.305. The minimum atomic E-state index is -2.00. The highest BCUT2D eigenvalue weighted by atomic mass is 32.2. The molecule has 1 heterocycles. The molecule has 0 aliphatic heterocycles. The number of methoxy groups -OCH3 is 1. The van der Waals surface area contributed by atoms with Gasteiger partial charge in [-0.3, -0.25) is 4.79 Å². The summed E-state index contributed by atoms with van der Waals surface area (Å²) in [5.41, 5.74) is 0.298. The van der Waals surface area contributed by atoms with Crippen LogP contribution in [0.3, 0.4) is 0 Å². The fraction of sp³-hybridized carbons (Fsp3) is 0.545. The van der Waals surface area contributed by atoms with E-state index in [0.29, 0.717) is 24.3 Å². The summed E-state index contributed by atoms with van der Waals surface area (Å²) in [6.45, 7) is 6.69. The third-order valence-electron chi connectivity index (χ3n) is 5.52. The molecule has 0 amide bonds. The topological polar surface area (TPSA) is 90.6 Å². The van der Waals surface area contributed by atoms with E-state index in [0.717, 1.165) is 12.0 Å². The molecule has 1 aromatic carbocycles. The predicted octanol–water partition coefficient (Wildman–Crippen LogP) is 4.19. The number of carbonyl (C=O) groups is 1. The van der Waals surface area contributed by atoms with Crippen molar-refractivity contribution in [2.24, 2.45) is 5.41 Å². The molecule has 0 spiro atoms. The Balaban J connectivity index is 2.22. The zero-order valence-electron chi connectivity index (χ0n) is 18.1. The van der Waals surface area contributed by atoms with Crippen LogP contribution in [0.5, 0.6) is 0 Å². The van der Waals surface area contributed by atoms with Crippen molar-refractivity contribution in [2.75, 3.05) is 20.3 Å². The van der Waals surface area contributed by atoms with E-state index in [1.807, 2.05) is 29.8 Å². The second-order valence-electron chi connectivity index (χ2n) is 7.89. The molecule has 7 nitrogen and oxygen atoms in total. The maximum absolute atomic E-state index is 13.1. The Hall–Kier alpha value is -2.03. The van der Waals surface area contributed by atoms with Crippen molar-refractivity contribution in [2.45, 2.75) is 56.9 Å². The highest BCUT2D eigenvalue weighted by Crippen LogP contribution is 2.40. The fourth-order valence-electron chi connectivity index (χ4n) is 3.81. The Morgan fingerprint density at radius 1 is 1.27 bits per heavy atom. The van der Waals surface area contributed by atoms with E-state index in [4.69, 9.17) is 9.47 Å². The maximum atomic E-state index is 13.1. The summed E-state index contributed by atoms with van der Waals surface area (Å²) in [5, 5.41) is 0. The van der Waals surface area contributed by atoms with Gasteiger partial charge < -0.3 is 18.6 Å². The largest absolute Gasteiger partial charge is 0.463 e. The van der Waals surface area contributed by atoms with Gasteiger partial charge in [0.15, 0.2) is 11.1 Å². The first-order valence-corrected chi connectivity index (χ1v) is 11.3. The Bertz CT molecular complexity index is 809. The summed E-state index contributed by atoms with van der Waals surface area (Å²) in [7, 11) is 1.57. The smallest absolute Gasteiger partial charge is 0.311 e. The van der Waals surface area contributed by atoms with Gasteiger partial charge in [-0.25, -0.2) is 9.19 Å². The van der Waals surface area contributed by atoms with Crippen molar-refractivity contribution >= 4 is 17.0 Å². The molecule has 166 valence electrons. The van der Waals surface area contributed by atoms with Crippen LogP contribution in [0.25, 0.3) is 0 Å². The second-order valence-corrected chi connectivity index (χ2v) is 8.86. The third-order valence-corrected chi connectivity index (χ3v) is 6.20. The number of esters is 1. The van der Waals surface area contributed by atoms with Crippen molar-refractivity contribution in [1.82, 2.24) is 9.55 Å². The normalized spacial score (nSPS) is 16.4. The van der Waals surface area contributed by atoms with E-state index in [2.05, 4.69) is 18.8 Å². The third kappa shape index (κ3) is 6.48. The molecule has 1 N–H and O–H groups in total. The number of ether oxygens (including phenoxy) is 2. The molecular formula is C22H32N2O5S. The van der Waals surface area contributed by atoms with E-state index in [9.17, 15) is 13.6 Å². The molecule has 0 aliphatic rings. The molecule has 2 rings (SSSR count). The molecule has 4 atom stereocenters. The van der Waals surface area contributed by atoms with Gasteiger partial charge in [0, 0.05) is 25.5 Å². The van der Waals surface area contributed by atoms with Crippen LogP contribution in [-0.4, -0.2) is 44.6 Å². The molecule has 1 aromatic heterocycles. The Kier molecular flexibility index (Phi) is 9.20. The number of imidazole rings is 1. The summed E-state index contributed by atoms with van der Waals surface area (Å²) >= 11 is -2.00. The molecule has 0 fully saturated rings. The number of carbonyl (C=O) groups excluding carboxylic acids is 1. The maximum Gasteiger partial charge on any atom is 0.311 e. The van der Waals surface area contributed by atoms with Crippen molar-refractivity contribution < 1.29 is 23.0 Å². The molecule has 0 aliphatic carbocycles. The fourth-order valence-corrected chi connectivity index (χ4v) is 4.18. The van der Waals surface area contributed by atoms with Crippen LogP contribution in [0, 0.1) is 5.41 Å². The van der Waals surface area contributed by atoms with Gasteiger partial charge in [0.05, 0.1) is 23.2 Å². The first-order valence-electron chi connectivity index (χ1n) is 10.1. The lowest BCUT2D eigenvalue weighted by molar-refractivity contribution is -0.158. The summed E-state index contributed by atoms with van der Waals surface area (Å²) in [6.07, 6.45) is 7.51. The van der Waals surface area contributed by atoms with Gasteiger partial charge in [0.25, 0.3) is 0 Å². The standard InChI is InChI=1S/C22H32N2O5S/c1-5-19(24-11-10-23-16-24)15-22(3,21(25)29-13-12-28-4)14-17(2)18-6-8-20(9-7-18)30(26)27/h6-11,16-17,19H,5,12-15H2,1-4H3,(H,26,27). The van der Waals surface area contributed by atoms with Crippen molar-refractivity contribution in [1.29, 1.82) is 0 Å². The van der Waals surface area contributed by atoms with Crippen molar-refractivity contribution in [3.05, 3.63) is 48.5 Å².